The quantitative estimate of drug-likeness (QED) is 0.738. The summed E-state index contributed by atoms with van der Waals surface area (Å²) in [5.41, 5.74) is 0. The summed E-state index contributed by atoms with van der Waals surface area (Å²) >= 11 is 0. The lowest BCUT2D eigenvalue weighted by molar-refractivity contribution is 0.139. The van der Waals surface area contributed by atoms with Crippen molar-refractivity contribution in [3.63, 3.8) is 0 Å². The molecule has 0 aromatic heterocycles. The van der Waals surface area contributed by atoms with Gasteiger partial charge in [-0.05, 0) is 38.9 Å². The van der Waals surface area contributed by atoms with E-state index in [4.69, 9.17) is 0 Å². The smallest absolute Gasteiger partial charge is 0.0359 e. The molecule has 0 aliphatic carbocycles. The molecule has 2 heterocycles. The molecule has 0 aromatic rings. The van der Waals surface area contributed by atoms with Crippen molar-refractivity contribution in [2.24, 2.45) is 0 Å². The zero-order chi connectivity index (χ0) is 11.4. The Morgan fingerprint density at radius 1 is 1.19 bits per heavy atom. The minimum Gasteiger partial charge on any atom is -0.301 e. The molecule has 2 aliphatic heterocycles. The predicted molar refractivity (Wildman–Crippen MR) is 69.2 cm³/mol. The van der Waals surface area contributed by atoms with Gasteiger partial charge in [-0.2, -0.15) is 0 Å². The van der Waals surface area contributed by atoms with E-state index < -0.39 is 10.8 Å². The molecular formula is C12H24N2OS. The van der Waals surface area contributed by atoms with Crippen molar-refractivity contribution in [3.8, 4) is 0 Å². The lowest BCUT2D eigenvalue weighted by Crippen LogP contribution is -2.44. The largest absolute Gasteiger partial charge is 0.301 e. The van der Waals surface area contributed by atoms with Crippen molar-refractivity contribution < 1.29 is 4.21 Å². The molecule has 2 saturated heterocycles. The molecule has 2 unspecified atom stereocenters. The molecule has 0 spiro atoms. The van der Waals surface area contributed by atoms with Gasteiger partial charge in [0, 0.05) is 41.9 Å². The third-order valence-electron chi connectivity index (χ3n) is 3.83. The highest BCUT2D eigenvalue weighted by Gasteiger charge is 2.26. The standard InChI is InChI=1S/C12H24N2OS/c1-16(15)10-9-13-6-4-8-14-7-3-2-5-12(14)11-13/h12H,2-11H2,1H3. The van der Waals surface area contributed by atoms with Crippen LogP contribution in [-0.4, -0.2) is 64.8 Å². The second-order valence-corrected chi connectivity index (χ2v) is 6.67. The average molecular weight is 244 g/mol. The lowest BCUT2D eigenvalue weighted by atomic mass is 10.0. The fraction of sp³-hybridized carbons (Fsp3) is 1.00. The van der Waals surface area contributed by atoms with E-state index in [9.17, 15) is 4.21 Å². The van der Waals surface area contributed by atoms with Crippen LogP contribution in [0, 0.1) is 0 Å². The van der Waals surface area contributed by atoms with E-state index >= 15 is 0 Å². The molecule has 0 radical (unpaired) electrons. The van der Waals surface area contributed by atoms with Gasteiger partial charge in [0.1, 0.15) is 0 Å². The number of hydrogen-bond acceptors (Lipinski definition) is 3. The molecule has 94 valence electrons. The van der Waals surface area contributed by atoms with Gasteiger partial charge in [0.25, 0.3) is 0 Å². The lowest BCUT2D eigenvalue weighted by Gasteiger charge is -2.35. The number of piperidine rings is 1. The maximum atomic E-state index is 11.1. The monoisotopic (exact) mass is 244 g/mol. The zero-order valence-corrected chi connectivity index (χ0v) is 11.2. The Hall–Kier alpha value is 0.0700. The summed E-state index contributed by atoms with van der Waals surface area (Å²) in [5.74, 6) is 0.840. The number of nitrogens with zero attached hydrogens (tertiary/aromatic N) is 2. The van der Waals surface area contributed by atoms with Crippen LogP contribution in [0.15, 0.2) is 0 Å². The van der Waals surface area contributed by atoms with Crippen LogP contribution in [0.25, 0.3) is 0 Å². The second-order valence-electron chi connectivity index (χ2n) is 5.12. The van der Waals surface area contributed by atoms with Crippen molar-refractivity contribution in [3.05, 3.63) is 0 Å². The topological polar surface area (TPSA) is 23.6 Å². The Morgan fingerprint density at radius 3 is 2.81 bits per heavy atom. The molecule has 0 amide bonds. The zero-order valence-electron chi connectivity index (χ0n) is 10.4. The predicted octanol–water partition coefficient (Wildman–Crippen LogP) is 0.925. The molecular weight excluding hydrogens is 220 g/mol. The molecule has 3 nitrogen and oxygen atoms in total. The highest BCUT2D eigenvalue weighted by atomic mass is 32.2. The van der Waals surface area contributed by atoms with Gasteiger partial charge in [0.2, 0.25) is 0 Å². The summed E-state index contributed by atoms with van der Waals surface area (Å²) in [6.45, 7) is 6.00. The first-order valence-electron chi connectivity index (χ1n) is 6.52. The van der Waals surface area contributed by atoms with Gasteiger partial charge in [-0.1, -0.05) is 6.42 Å². The molecule has 2 fully saturated rings. The van der Waals surface area contributed by atoms with Gasteiger partial charge in [-0.15, -0.1) is 0 Å². The summed E-state index contributed by atoms with van der Waals surface area (Å²) < 4.78 is 11.1. The Bertz CT molecular complexity index is 247. The first-order valence-corrected chi connectivity index (χ1v) is 8.25. The maximum Gasteiger partial charge on any atom is 0.0359 e. The summed E-state index contributed by atoms with van der Waals surface area (Å²) in [7, 11) is -0.638. The van der Waals surface area contributed by atoms with Crippen molar-refractivity contribution in [1.82, 2.24) is 9.80 Å². The molecule has 0 saturated carbocycles. The number of fused-ring (bicyclic) bond motifs is 1. The Morgan fingerprint density at radius 2 is 2.00 bits per heavy atom. The van der Waals surface area contributed by atoms with Crippen molar-refractivity contribution in [2.45, 2.75) is 31.7 Å². The number of hydrogen-bond donors (Lipinski definition) is 0. The average Bonchev–Trinajstić information content (AvgIpc) is 2.47. The molecule has 0 aromatic carbocycles. The maximum absolute atomic E-state index is 11.1. The molecule has 2 aliphatic rings. The highest BCUT2D eigenvalue weighted by molar-refractivity contribution is 7.84. The fourth-order valence-electron chi connectivity index (χ4n) is 2.91. The minimum absolute atomic E-state index is 0.638. The van der Waals surface area contributed by atoms with Crippen LogP contribution in [0.1, 0.15) is 25.7 Å². The molecule has 2 atom stereocenters. The van der Waals surface area contributed by atoms with Crippen LogP contribution in [0.3, 0.4) is 0 Å². The van der Waals surface area contributed by atoms with Gasteiger partial charge in [0.15, 0.2) is 0 Å². The molecule has 0 N–H and O–H groups in total. The van der Waals surface area contributed by atoms with E-state index in [1.807, 2.05) is 6.26 Å². The highest BCUT2D eigenvalue weighted by Crippen LogP contribution is 2.20. The van der Waals surface area contributed by atoms with E-state index in [2.05, 4.69) is 9.80 Å². The van der Waals surface area contributed by atoms with Gasteiger partial charge in [-0.25, -0.2) is 0 Å². The third kappa shape index (κ3) is 3.54. The fourth-order valence-corrected chi connectivity index (χ4v) is 3.42. The normalized spacial score (nSPS) is 30.7. The van der Waals surface area contributed by atoms with Crippen LogP contribution in [-0.2, 0) is 10.8 Å². The van der Waals surface area contributed by atoms with E-state index in [0.29, 0.717) is 0 Å². The Balaban J connectivity index is 1.84. The number of rotatable bonds is 3. The van der Waals surface area contributed by atoms with Crippen LogP contribution in [0.4, 0.5) is 0 Å². The van der Waals surface area contributed by atoms with E-state index in [0.717, 1.165) is 18.3 Å². The summed E-state index contributed by atoms with van der Waals surface area (Å²) in [6, 6.07) is 0.779. The van der Waals surface area contributed by atoms with E-state index in [1.165, 1.54) is 51.9 Å². The van der Waals surface area contributed by atoms with Gasteiger partial charge >= 0.3 is 0 Å². The Kier molecular flexibility index (Phi) is 4.79. The van der Waals surface area contributed by atoms with Crippen molar-refractivity contribution >= 4 is 10.8 Å². The van der Waals surface area contributed by atoms with Crippen LogP contribution < -0.4 is 0 Å². The van der Waals surface area contributed by atoms with Crippen LogP contribution in [0.2, 0.25) is 0 Å². The third-order valence-corrected chi connectivity index (χ3v) is 4.59. The van der Waals surface area contributed by atoms with Crippen molar-refractivity contribution in [2.75, 3.05) is 44.7 Å². The SMILES string of the molecule is CS(=O)CCN1CCCN2CCCCC2C1. The molecule has 4 heteroatoms. The summed E-state index contributed by atoms with van der Waals surface area (Å²) in [6.07, 6.45) is 7.24. The van der Waals surface area contributed by atoms with E-state index in [-0.39, 0.29) is 0 Å². The second kappa shape index (κ2) is 6.12. The molecule has 16 heavy (non-hydrogen) atoms. The van der Waals surface area contributed by atoms with E-state index in [1.54, 1.807) is 0 Å². The van der Waals surface area contributed by atoms with Gasteiger partial charge < -0.3 is 4.90 Å². The molecule has 2 rings (SSSR count). The van der Waals surface area contributed by atoms with Crippen LogP contribution >= 0.6 is 0 Å². The van der Waals surface area contributed by atoms with Gasteiger partial charge in [0.05, 0.1) is 0 Å². The van der Waals surface area contributed by atoms with Crippen LogP contribution in [0.5, 0.6) is 0 Å². The first-order chi connectivity index (χ1) is 7.75. The first kappa shape index (κ1) is 12.5. The minimum atomic E-state index is -0.638. The summed E-state index contributed by atoms with van der Waals surface area (Å²) in [5, 5.41) is 0. The molecule has 0 bridgehead atoms. The summed E-state index contributed by atoms with van der Waals surface area (Å²) in [4.78, 5) is 5.20. The Labute approximate surface area is 102 Å². The van der Waals surface area contributed by atoms with Crippen molar-refractivity contribution in [1.29, 1.82) is 0 Å². The van der Waals surface area contributed by atoms with Gasteiger partial charge in [-0.3, -0.25) is 9.11 Å².